The van der Waals surface area contributed by atoms with Gasteiger partial charge in [-0.2, -0.15) is 0 Å². The van der Waals surface area contributed by atoms with E-state index in [-0.39, 0.29) is 5.82 Å². The third-order valence-corrected chi connectivity index (χ3v) is 3.21. The molecule has 0 aliphatic heterocycles. The minimum atomic E-state index is -0.176. The van der Waals surface area contributed by atoms with Crippen molar-refractivity contribution >= 4 is 0 Å². The Morgan fingerprint density at radius 2 is 2.06 bits per heavy atom. The van der Waals surface area contributed by atoms with E-state index in [4.69, 9.17) is 5.73 Å². The van der Waals surface area contributed by atoms with E-state index in [9.17, 15) is 4.39 Å². The van der Waals surface area contributed by atoms with Crippen LogP contribution in [0.15, 0.2) is 24.3 Å². The van der Waals surface area contributed by atoms with E-state index >= 15 is 0 Å². The molecule has 0 saturated heterocycles. The molecule has 90 valence electrons. The molecule has 1 aromatic rings. The Balaban J connectivity index is 2.60. The van der Waals surface area contributed by atoms with E-state index in [1.807, 2.05) is 13.1 Å². The van der Waals surface area contributed by atoms with Crippen molar-refractivity contribution in [2.45, 2.75) is 26.4 Å². The summed E-state index contributed by atoms with van der Waals surface area (Å²) in [5.74, 6) is 0.268. The van der Waals surface area contributed by atoms with E-state index in [1.165, 1.54) is 6.07 Å². The van der Waals surface area contributed by atoms with Crippen molar-refractivity contribution in [3.8, 4) is 0 Å². The van der Waals surface area contributed by atoms with Crippen molar-refractivity contribution in [3.05, 3.63) is 35.6 Å². The van der Waals surface area contributed by atoms with Gasteiger partial charge in [0.15, 0.2) is 0 Å². The molecule has 0 saturated carbocycles. The topological polar surface area (TPSA) is 29.3 Å². The molecule has 0 spiro atoms. The monoisotopic (exact) mass is 224 g/mol. The highest BCUT2D eigenvalue weighted by Crippen LogP contribution is 2.12. The Hall–Kier alpha value is -0.930. The third-order valence-electron chi connectivity index (χ3n) is 3.21. The summed E-state index contributed by atoms with van der Waals surface area (Å²) >= 11 is 0. The van der Waals surface area contributed by atoms with Gasteiger partial charge >= 0.3 is 0 Å². The molecule has 0 bridgehead atoms. The maximum absolute atomic E-state index is 13.0. The highest BCUT2D eigenvalue weighted by atomic mass is 19.1. The molecule has 0 aliphatic carbocycles. The van der Waals surface area contributed by atoms with Gasteiger partial charge in [-0.15, -0.1) is 0 Å². The summed E-state index contributed by atoms with van der Waals surface area (Å²) in [6, 6.07) is 7.13. The molecule has 2 unspecified atom stereocenters. The molecule has 0 amide bonds. The van der Waals surface area contributed by atoms with E-state index in [1.54, 1.807) is 12.1 Å². The fourth-order valence-electron chi connectivity index (χ4n) is 1.70. The van der Waals surface area contributed by atoms with Crippen LogP contribution in [0.25, 0.3) is 0 Å². The highest BCUT2D eigenvalue weighted by molar-refractivity contribution is 5.16. The van der Waals surface area contributed by atoms with Crippen molar-refractivity contribution in [1.29, 1.82) is 0 Å². The molecule has 0 radical (unpaired) electrons. The first-order valence-corrected chi connectivity index (χ1v) is 5.69. The maximum atomic E-state index is 13.0. The van der Waals surface area contributed by atoms with Gasteiger partial charge in [-0.3, -0.25) is 4.90 Å². The first kappa shape index (κ1) is 13.1. The van der Waals surface area contributed by atoms with Crippen LogP contribution in [-0.4, -0.2) is 24.5 Å². The lowest BCUT2D eigenvalue weighted by Gasteiger charge is -2.29. The molecule has 16 heavy (non-hydrogen) atoms. The van der Waals surface area contributed by atoms with E-state index in [0.717, 1.165) is 12.1 Å². The van der Waals surface area contributed by atoms with Crippen molar-refractivity contribution in [2.75, 3.05) is 13.6 Å². The molecule has 2 nitrogen and oxygen atoms in total. The minimum absolute atomic E-state index is 0.176. The van der Waals surface area contributed by atoms with Gasteiger partial charge in [0.1, 0.15) is 5.82 Å². The molecule has 0 aliphatic rings. The van der Waals surface area contributed by atoms with Crippen LogP contribution in [0.3, 0.4) is 0 Å². The molecular formula is C13H21FN2. The standard InChI is InChI=1S/C13H21FN2/c1-10(8-15)11(2)16(3)9-12-5-4-6-13(14)7-12/h4-7,10-11H,8-9,15H2,1-3H3. The largest absolute Gasteiger partial charge is 0.330 e. The lowest BCUT2D eigenvalue weighted by atomic mass is 10.0. The summed E-state index contributed by atoms with van der Waals surface area (Å²) in [6.07, 6.45) is 0. The fourth-order valence-corrected chi connectivity index (χ4v) is 1.70. The second-order valence-corrected chi connectivity index (χ2v) is 4.50. The van der Waals surface area contributed by atoms with Crippen LogP contribution in [0.5, 0.6) is 0 Å². The fraction of sp³-hybridized carbons (Fsp3) is 0.538. The molecule has 2 atom stereocenters. The van der Waals surface area contributed by atoms with Gasteiger partial charge in [0.05, 0.1) is 0 Å². The van der Waals surface area contributed by atoms with Gasteiger partial charge in [-0.1, -0.05) is 19.1 Å². The molecule has 1 aromatic carbocycles. The number of rotatable bonds is 5. The molecule has 1 rings (SSSR count). The van der Waals surface area contributed by atoms with Crippen LogP contribution in [0, 0.1) is 11.7 Å². The predicted octanol–water partition coefficient (Wildman–Crippen LogP) is 2.24. The quantitative estimate of drug-likeness (QED) is 0.831. The Labute approximate surface area is 97.3 Å². The molecule has 0 aromatic heterocycles. The number of hydrogen-bond donors (Lipinski definition) is 1. The van der Waals surface area contributed by atoms with Crippen LogP contribution in [-0.2, 0) is 6.54 Å². The van der Waals surface area contributed by atoms with Gasteiger partial charge in [0, 0.05) is 12.6 Å². The van der Waals surface area contributed by atoms with Crippen LogP contribution >= 0.6 is 0 Å². The second kappa shape index (κ2) is 5.97. The number of nitrogens with two attached hydrogens (primary N) is 1. The van der Waals surface area contributed by atoms with E-state index < -0.39 is 0 Å². The normalized spacial score (nSPS) is 15.1. The molecule has 3 heteroatoms. The van der Waals surface area contributed by atoms with Gasteiger partial charge < -0.3 is 5.73 Å². The summed E-state index contributed by atoms with van der Waals surface area (Å²) in [4.78, 5) is 2.20. The van der Waals surface area contributed by atoms with Crippen molar-refractivity contribution in [2.24, 2.45) is 11.7 Å². The Kier molecular flexibility index (Phi) is 4.90. The van der Waals surface area contributed by atoms with Crippen LogP contribution < -0.4 is 5.73 Å². The van der Waals surface area contributed by atoms with Gasteiger partial charge in [0.2, 0.25) is 0 Å². The van der Waals surface area contributed by atoms with Crippen LogP contribution in [0.1, 0.15) is 19.4 Å². The zero-order valence-corrected chi connectivity index (χ0v) is 10.3. The first-order chi connectivity index (χ1) is 7.54. The summed E-state index contributed by atoms with van der Waals surface area (Å²) in [7, 11) is 2.04. The summed E-state index contributed by atoms with van der Waals surface area (Å²) in [5.41, 5.74) is 6.64. The van der Waals surface area contributed by atoms with E-state index in [0.29, 0.717) is 18.5 Å². The lowest BCUT2D eigenvalue weighted by molar-refractivity contribution is 0.194. The van der Waals surface area contributed by atoms with Gasteiger partial charge in [0.25, 0.3) is 0 Å². The summed E-state index contributed by atoms with van der Waals surface area (Å²) in [6.45, 7) is 5.71. The Morgan fingerprint density at radius 1 is 1.38 bits per heavy atom. The number of nitrogens with zero attached hydrogens (tertiary/aromatic N) is 1. The second-order valence-electron chi connectivity index (χ2n) is 4.50. The average molecular weight is 224 g/mol. The summed E-state index contributed by atoms with van der Waals surface area (Å²) in [5, 5.41) is 0. The number of hydrogen-bond acceptors (Lipinski definition) is 2. The Morgan fingerprint density at radius 3 is 2.62 bits per heavy atom. The SMILES string of the molecule is CC(CN)C(C)N(C)Cc1cccc(F)c1. The predicted molar refractivity (Wildman–Crippen MR) is 65.5 cm³/mol. The molecule has 2 N–H and O–H groups in total. The van der Waals surface area contributed by atoms with Crippen molar-refractivity contribution in [3.63, 3.8) is 0 Å². The molecule has 0 fully saturated rings. The van der Waals surface area contributed by atoms with Crippen LogP contribution in [0.2, 0.25) is 0 Å². The molecular weight excluding hydrogens is 203 g/mol. The zero-order valence-electron chi connectivity index (χ0n) is 10.3. The third kappa shape index (κ3) is 3.58. The lowest BCUT2D eigenvalue weighted by Crippen LogP contribution is -2.37. The first-order valence-electron chi connectivity index (χ1n) is 5.69. The molecule has 0 heterocycles. The van der Waals surface area contributed by atoms with E-state index in [2.05, 4.69) is 18.7 Å². The minimum Gasteiger partial charge on any atom is -0.330 e. The highest BCUT2D eigenvalue weighted by Gasteiger charge is 2.15. The number of halogens is 1. The zero-order chi connectivity index (χ0) is 12.1. The Bertz CT molecular complexity index is 327. The maximum Gasteiger partial charge on any atom is 0.123 e. The smallest absolute Gasteiger partial charge is 0.123 e. The summed E-state index contributed by atoms with van der Waals surface area (Å²) < 4.78 is 13.0. The van der Waals surface area contributed by atoms with Crippen molar-refractivity contribution < 1.29 is 4.39 Å². The van der Waals surface area contributed by atoms with Gasteiger partial charge in [-0.05, 0) is 44.1 Å². The van der Waals surface area contributed by atoms with Crippen molar-refractivity contribution in [1.82, 2.24) is 4.90 Å². The van der Waals surface area contributed by atoms with Crippen LogP contribution in [0.4, 0.5) is 4.39 Å². The average Bonchev–Trinajstić information content (AvgIpc) is 2.27. The van der Waals surface area contributed by atoms with Gasteiger partial charge in [-0.25, -0.2) is 4.39 Å². The number of benzene rings is 1.